The van der Waals surface area contributed by atoms with Crippen molar-refractivity contribution in [3.05, 3.63) is 103 Å². The van der Waals surface area contributed by atoms with Crippen LogP contribution in [0.1, 0.15) is 15.9 Å². The van der Waals surface area contributed by atoms with E-state index in [1.165, 1.54) is 6.08 Å². The molecular weight excluding hydrogens is 436 g/mol. The smallest absolute Gasteiger partial charge is 0.256 e. The lowest BCUT2D eigenvalue weighted by Crippen LogP contribution is -2.25. The van der Waals surface area contributed by atoms with Gasteiger partial charge in [0, 0.05) is 35.6 Å². The van der Waals surface area contributed by atoms with Crippen LogP contribution in [0.2, 0.25) is 0 Å². The van der Waals surface area contributed by atoms with Crippen molar-refractivity contribution in [2.75, 3.05) is 11.9 Å². The van der Waals surface area contributed by atoms with Gasteiger partial charge in [0.1, 0.15) is 0 Å². The molecule has 0 spiro atoms. The van der Waals surface area contributed by atoms with Gasteiger partial charge in [-0.05, 0) is 42.0 Å². The molecule has 8 heteroatoms. The third kappa shape index (κ3) is 5.49. The number of pyridine rings is 2. The van der Waals surface area contributed by atoms with Crippen LogP contribution in [-0.4, -0.2) is 30.8 Å². The first-order valence-corrected chi connectivity index (χ1v) is 11.9. The van der Waals surface area contributed by atoms with Gasteiger partial charge < -0.3 is 5.32 Å². The molecule has 0 saturated carbocycles. The Morgan fingerprint density at radius 2 is 1.82 bits per heavy atom. The van der Waals surface area contributed by atoms with Gasteiger partial charge in [-0.15, -0.1) is 6.58 Å². The molecule has 4 rings (SSSR count). The van der Waals surface area contributed by atoms with Gasteiger partial charge in [0.05, 0.1) is 22.5 Å². The highest BCUT2D eigenvalue weighted by Crippen LogP contribution is 2.25. The molecule has 0 unspecified atom stereocenters. The molecule has 2 aromatic heterocycles. The minimum Gasteiger partial charge on any atom is -0.322 e. The Morgan fingerprint density at radius 1 is 1.03 bits per heavy atom. The van der Waals surface area contributed by atoms with E-state index in [9.17, 15) is 13.2 Å². The molecule has 0 aliphatic carbocycles. The second-order valence-corrected chi connectivity index (χ2v) is 9.17. The lowest BCUT2D eigenvalue weighted by Gasteiger charge is -2.11. The van der Waals surface area contributed by atoms with E-state index in [2.05, 4.69) is 26.6 Å². The number of para-hydroxylation sites is 1. The average Bonchev–Trinajstić information content (AvgIpc) is 2.83. The minimum absolute atomic E-state index is 0.154. The van der Waals surface area contributed by atoms with E-state index in [4.69, 9.17) is 0 Å². The predicted octanol–water partition coefficient (Wildman–Crippen LogP) is 4.15. The molecule has 2 N–H and O–H groups in total. The predicted molar refractivity (Wildman–Crippen MR) is 130 cm³/mol. The molecule has 0 aliphatic rings. The van der Waals surface area contributed by atoms with Gasteiger partial charge in [0.15, 0.2) is 0 Å². The van der Waals surface area contributed by atoms with E-state index >= 15 is 0 Å². The van der Waals surface area contributed by atoms with Crippen molar-refractivity contribution < 1.29 is 13.2 Å². The molecule has 0 fully saturated rings. The maximum atomic E-state index is 13.2. The Labute approximate surface area is 192 Å². The first-order chi connectivity index (χ1) is 15.9. The number of hydrogen-bond acceptors (Lipinski definition) is 5. The van der Waals surface area contributed by atoms with E-state index < -0.39 is 10.0 Å². The van der Waals surface area contributed by atoms with Gasteiger partial charge in [-0.1, -0.05) is 36.4 Å². The number of hydrogen-bond donors (Lipinski definition) is 2. The molecule has 1 amide bonds. The van der Waals surface area contributed by atoms with Crippen LogP contribution in [0.5, 0.6) is 0 Å². The number of rotatable bonds is 8. The standard InChI is InChI=1S/C25H22N4O3S/c1-2-13-27-33(31,32)17-18-9-11-20(12-10-18)28-25(30)22-15-24(19-6-5-14-26-16-19)29-23-8-4-3-7-21(22)23/h2-12,14-16,27H,1,13,17H2,(H,28,30). The molecule has 7 nitrogen and oxygen atoms in total. The zero-order valence-electron chi connectivity index (χ0n) is 17.7. The molecule has 2 heterocycles. The van der Waals surface area contributed by atoms with Crippen molar-refractivity contribution in [3.8, 4) is 11.3 Å². The summed E-state index contributed by atoms with van der Waals surface area (Å²) in [7, 11) is -3.45. The summed E-state index contributed by atoms with van der Waals surface area (Å²) in [6.45, 7) is 3.68. The topological polar surface area (TPSA) is 101 Å². The minimum atomic E-state index is -3.45. The molecule has 33 heavy (non-hydrogen) atoms. The van der Waals surface area contributed by atoms with Crippen LogP contribution >= 0.6 is 0 Å². The van der Waals surface area contributed by atoms with Crippen molar-refractivity contribution in [2.24, 2.45) is 0 Å². The van der Waals surface area contributed by atoms with Crippen LogP contribution in [0.15, 0.2) is 91.8 Å². The summed E-state index contributed by atoms with van der Waals surface area (Å²) < 4.78 is 26.5. The summed E-state index contributed by atoms with van der Waals surface area (Å²) >= 11 is 0. The number of sulfonamides is 1. The van der Waals surface area contributed by atoms with Gasteiger partial charge in [-0.25, -0.2) is 18.1 Å². The van der Waals surface area contributed by atoms with Crippen molar-refractivity contribution in [1.29, 1.82) is 0 Å². The SMILES string of the molecule is C=CCNS(=O)(=O)Cc1ccc(NC(=O)c2cc(-c3cccnc3)nc3ccccc23)cc1. The number of carbonyl (C=O) groups is 1. The highest BCUT2D eigenvalue weighted by atomic mass is 32.2. The number of fused-ring (bicyclic) bond motifs is 1. The largest absolute Gasteiger partial charge is 0.322 e. The highest BCUT2D eigenvalue weighted by molar-refractivity contribution is 7.88. The quantitative estimate of drug-likeness (QED) is 0.386. The fourth-order valence-corrected chi connectivity index (χ4v) is 4.47. The third-order valence-electron chi connectivity index (χ3n) is 4.93. The molecule has 0 radical (unpaired) electrons. The number of nitrogens with one attached hydrogen (secondary N) is 2. The van der Waals surface area contributed by atoms with Gasteiger partial charge in [0.25, 0.3) is 5.91 Å². The van der Waals surface area contributed by atoms with Crippen LogP contribution in [0.4, 0.5) is 5.69 Å². The van der Waals surface area contributed by atoms with E-state index in [0.717, 1.165) is 10.9 Å². The maximum absolute atomic E-state index is 13.2. The summed E-state index contributed by atoms with van der Waals surface area (Å²) in [6, 6.07) is 19.6. The molecule has 4 aromatic rings. The Morgan fingerprint density at radius 3 is 2.55 bits per heavy atom. The fourth-order valence-electron chi connectivity index (χ4n) is 3.36. The summed E-state index contributed by atoms with van der Waals surface area (Å²) in [5.41, 5.74) is 3.82. The third-order valence-corrected chi connectivity index (χ3v) is 6.25. The average molecular weight is 459 g/mol. The normalized spacial score (nSPS) is 11.3. The van der Waals surface area contributed by atoms with Crippen LogP contribution in [0.3, 0.4) is 0 Å². The zero-order valence-corrected chi connectivity index (χ0v) is 18.5. The van der Waals surface area contributed by atoms with Gasteiger partial charge in [-0.2, -0.15) is 0 Å². The summed E-state index contributed by atoms with van der Waals surface area (Å²) in [4.78, 5) is 22.0. The second kappa shape index (κ2) is 9.72. The highest BCUT2D eigenvalue weighted by Gasteiger charge is 2.15. The van der Waals surface area contributed by atoms with Gasteiger partial charge in [-0.3, -0.25) is 9.78 Å². The number of nitrogens with zero attached hydrogens (tertiary/aromatic N) is 2. The summed E-state index contributed by atoms with van der Waals surface area (Å²) in [6.07, 6.45) is 4.87. The Balaban J connectivity index is 1.58. The second-order valence-electron chi connectivity index (χ2n) is 7.36. The maximum Gasteiger partial charge on any atom is 0.256 e. The Hall–Kier alpha value is -3.88. The first kappa shape index (κ1) is 22.3. The molecule has 166 valence electrons. The fraction of sp³-hybridized carbons (Fsp3) is 0.0800. The molecule has 0 bridgehead atoms. The molecule has 2 aromatic carbocycles. The van der Waals surface area contributed by atoms with Crippen LogP contribution < -0.4 is 10.0 Å². The van der Waals surface area contributed by atoms with Crippen molar-refractivity contribution >= 4 is 32.5 Å². The van der Waals surface area contributed by atoms with Crippen LogP contribution in [0.25, 0.3) is 22.2 Å². The van der Waals surface area contributed by atoms with Crippen molar-refractivity contribution in [2.45, 2.75) is 5.75 Å². The Kier molecular flexibility index (Phi) is 6.58. The van der Waals surface area contributed by atoms with Crippen LogP contribution in [0, 0.1) is 0 Å². The zero-order chi connectivity index (χ0) is 23.3. The number of amides is 1. The molecule has 0 aliphatic heterocycles. The van der Waals surface area contributed by atoms with E-state index in [1.807, 2.05) is 36.4 Å². The molecule has 0 saturated heterocycles. The van der Waals surface area contributed by atoms with Crippen molar-refractivity contribution in [1.82, 2.24) is 14.7 Å². The lowest BCUT2D eigenvalue weighted by molar-refractivity contribution is 0.102. The number of carbonyl (C=O) groups excluding carboxylic acids is 1. The van der Waals surface area contributed by atoms with Gasteiger partial charge in [0.2, 0.25) is 10.0 Å². The van der Waals surface area contributed by atoms with E-state index in [-0.39, 0.29) is 18.2 Å². The number of benzene rings is 2. The first-order valence-electron chi connectivity index (χ1n) is 10.2. The Bertz CT molecular complexity index is 1400. The monoisotopic (exact) mass is 458 g/mol. The number of aromatic nitrogens is 2. The van der Waals surface area contributed by atoms with Crippen LogP contribution in [-0.2, 0) is 15.8 Å². The van der Waals surface area contributed by atoms with Crippen molar-refractivity contribution in [3.63, 3.8) is 0 Å². The van der Waals surface area contributed by atoms with E-state index in [1.54, 1.807) is 42.7 Å². The molecular formula is C25H22N4O3S. The summed E-state index contributed by atoms with van der Waals surface area (Å²) in [5.74, 6) is -0.440. The summed E-state index contributed by atoms with van der Waals surface area (Å²) in [5, 5.41) is 3.63. The van der Waals surface area contributed by atoms with Gasteiger partial charge >= 0.3 is 0 Å². The van der Waals surface area contributed by atoms with E-state index in [0.29, 0.717) is 28.0 Å². The number of anilines is 1. The molecule has 0 atom stereocenters. The lowest BCUT2D eigenvalue weighted by atomic mass is 10.0.